The lowest BCUT2D eigenvalue weighted by Gasteiger charge is -2.34. The first-order chi connectivity index (χ1) is 15.1. The van der Waals surface area contributed by atoms with Gasteiger partial charge in [-0.05, 0) is 54.1 Å². The van der Waals surface area contributed by atoms with E-state index in [2.05, 4.69) is 141 Å². The van der Waals surface area contributed by atoms with Gasteiger partial charge in [0.2, 0.25) is 0 Å². The molecule has 1 nitrogen and oxygen atoms in total. The maximum Gasteiger partial charge on any atom is 0.161 e. The Morgan fingerprint density at radius 3 is 1.26 bits per heavy atom. The normalized spacial score (nSPS) is 28.5. The van der Waals surface area contributed by atoms with Gasteiger partial charge in [-0.15, -0.1) is 0 Å². The lowest BCUT2D eigenvalue weighted by Crippen LogP contribution is -2.30. The molecule has 6 rings (SSSR count). The van der Waals surface area contributed by atoms with Gasteiger partial charge < -0.3 is 4.74 Å². The smallest absolute Gasteiger partial charge is 0.161 e. The highest BCUT2D eigenvalue weighted by Crippen LogP contribution is 2.68. The fourth-order valence-electron chi connectivity index (χ4n) is 5.35. The van der Waals surface area contributed by atoms with Crippen molar-refractivity contribution in [3.8, 4) is 0 Å². The molecule has 0 N–H and O–H groups in total. The molecule has 4 aromatic rings. The zero-order valence-corrected chi connectivity index (χ0v) is 19.9. The van der Waals surface area contributed by atoms with Crippen LogP contribution in [0.15, 0.2) is 109 Å². The first-order valence-corrected chi connectivity index (χ1v) is 12.1. The lowest BCUT2D eigenvalue weighted by atomic mass is 9.73. The van der Waals surface area contributed by atoms with Crippen molar-refractivity contribution in [2.75, 3.05) is 0 Å². The van der Waals surface area contributed by atoms with Gasteiger partial charge in [0.05, 0.1) is 11.8 Å². The predicted molar refractivity (Wildman–Crippen MR) is 132 cm³/mol. The van der Waals surface area contributed by atoms with E-state index in [0.717, 1.165) is 0 Å². The van der Waals surface area contributed by atoms with Gasteiger partial charge >= 0.3 is 0 Å². The van der Waals surface area contributed by atoms with Gasteiger partial charge in [0.15, 0.2) is 9.02 Å². The van der Waals surface area contributed by atoms with Crippen molar-refractivity contribution in [2.24, 2.45) is 0 Å². The van der Waals surface area contributed by atoms with Crippen molar-refractivity contribution in [2.45, 2.75) is 20.9 Å². The van der Waals surface area contributed by atoms with Gasteiger partial charge in [0.1, 0.15) is 0 Å². The number of benzene rings is 4. The first kappa shape index (κ1) is 19.5. The SMILES string of the molecule is Br[C@]12O[C@@](Br)(c3ccccc31)[C@@H](c1ccccc1)c1ccccc1[C@H]2c1ccccc1. The van der Waals surface area contributed by atoms with Crippen molar-refractivity contribution >= 4 is 31.9 Å². The molecule has 4 atom stereocenters. The van der Waals surface area contributed by atoms with Crippen molar-refractivity contribution in [3.63, 3.8) is 0 Å². The summed E-state index contributed by atoms with van der Waals surface area (Å²) in [6.07, 6.45) is 0. The highest BCUT2D eigenvalue weighted by atomic mass is 79.9. The zero-order chi connectivity index (χ0) is 21.1. The van der Waals surface area contributed by atoms with Gasteiger partial charge in [0, 0.05) is 11.1 Å². The molecule has 31 heavy (non-hydrogen) atoms. The lowest BCUT2D eigenvalue weighted by molar-refractivity contribution is -0.0385. The Morgan fingerprint density at radius 2 is 0.839 bits per heavy atom. The molecule has 1 aliphatic carbocycles. The van der Waals surface area contributed by atoms with Crippen molar-refractivity contribution in [1.82, 2.24) is 0 Å². The highest BCUT2D eigenvalue weighted by Gasteiger charge is 2.61. The number of alkyl halides is 2. The third-order valence-electron chi connectivity index (χ3n) is 6.59. The van der Waals surface area contributed by atoms with Crippen molar-refractivity contribution in [3.05, 3.63) is 143 Å². The molecular weight excluding hydrogens is 512 g/mol. The summed E-state index contributed by atoms with van der Waals surface area (Å²) in [5, 5.41) is 0. The summed E-state index contributed by atoms with van der Waals surface area (Å²) in [7, 11) is 0. The topological polar surface area (TPSA) is 9.23 Å². The van der Waals surface area contributed by atoms with Crippen LogP contribution in [0.4, 0.5) is 0 Å². The molecule has 2 aliphatic rings. The summed E-state index contributed by atoms with van der Waals surface area (Å²) >= 11 is 8.28. The number of ether oxygens (including phenoxy) is 1. The molecule has 2 bridgehead atoms. The fraction of sp³-hybridized carbons (Fsp3) is 0.143. The molecule has 0 aromatic heterocycles. The summed E-state index contributed by atoms with van der Waals surface area (Å²) in [6, 6.07) is 38.8. The van der Waals surface area contributed by atoms with E-state index in [-0.39, 0.29) is 11.8 Å². The van der Waals surface area contributed by atoms with E-state index in [1.807, 2.05) is 0 Å². The minimum atomic E-state index is -0.686. The second-order valence-electron chi connectivity index (χ2n) is 8.25. The quantitative estimate of drug-likeness (QED) is 0.240. The van der Waals surface area contributed by atoms with Crippen molar-refractivity contribution < 1.29 is 4.74 Å². The summed E-state index contributed by atoms with van der Waals surface area (Å²) in [5.74, 6) is -0.00151. The third kappa shape index (κ3) is 2.77. The van der Waals surface area contributed by atoms with Gasteiger partial charge in [-0.2, -0.15) is 0 Å². The Labute approximate surface area is 199 Å². The molecule has 0 radical (unpaired) electrons. The van der Waals surface area contributed by atoms with Gasteiger partial charge in [-0.25, -0.2) is 0 Å². The summed E-state index contributed by atoms with van der Waals surface area (Å²) < 4.78 is 5.74. The van der Waals surface area contributed by atoms with Gasteiger partial charge in [0.25, 0.3) is 0 Å². The largest absolute Gasteiger partial charge is 0.335 e. The van der Waals surface area contributed by atoms with E-state index in [0.29, 0.717) is 0 Å². The van der Waals surface area contributed by atoms with Crippen LogP contribution in [0.25, 0.3) is 0 Å². The molecule has 0 saturated heterocycles. The molecule has 1 aliphatic heterocycles. The van der Waals surface area contributed by atoms with Crippen LogP contribution < -0.4 is 0 Å². The monoisotopic (exact) mass is 530 g/mol. The summed E-state index contributed by atoms with van der Waals surface area (Å²) in [4.78, 5) is 0. The number of hydrogen-bond donors (Lipinski definition) is 0. The van der Waals surface area contributed by atoms with Crippen LogP contribution in [-0.4, -0.2) is 0 Å². The van der Waals surface area contributed by atoms with E-state index >= 15 is 0 Å². The molecule has 4 aromatic carbocycles. The van der Waals surface area contributed by atoms with Gasteiger partial charge in [-0.1, -0.05) is 109 Å². The van der Waals surface area contributed by atoms with Gasteiger partial charge in [-0.3, -0.25) is 0 Å². The Morgan fingerprint density at radius 1 is 0.484 bits per heavy atom. The second kappa shape index (κ2) is 7.16. The van der Waals surface area contributed by atoms with Crippen LogP contribution >= 0.6 is 31.9 Å². The second-order valence-corrected chi connectivity index (χ2v) is 10.6. The molecule has 0 fully saturated rings. The maximum atomic E-state index is 7.12. The molecule has 0 unspecified atom stereocenters. The number of hydrogen-bond acceptors (Lipinski definition) is 1. The molecular formula is C28H20Br2O. The van der Waals surface area contributed by atoms with Crippen LogP contribution in [0.2, 0.25) is 0 Å². The molecule has 0 saturated carbocycles. The van der Waals surface area contributed by atoms with Crippen LogP contribution in [0.5, 0.6) is 0 Å². The predicted octanol–water partition coefficient (Wildman–Crippen LogP) is 7.79. The highest BCUT2D eigenvalue weighted by molar-refractivity contribution is 9.10. The van der Waals surface area contributed by atoms with E-state index < -0.39 is 9.02 Å². The van der Waals surface area contributed by atoms with Crippen molar-refractivity contribution in [1.29, 1.82) is 0 Å². The Hall–Kier alpha value is -2.20. The van der Waals surface area contributed by atoms with E-state index in [9.17, 15) is 0 Å². The summed E-state index contributed by atoms with van der Waals surface area (Å²) in [6.45, 7) is 0. The average molecular weight is 532 g/mol. The third-order valence-corrected chi connectivity index (χ3v) is 8.68. The molecule has 0 spiro atoms. The standard InChI is InChI=1S/C28H20Br2O/c29-27-23-17-9-10-18-24(23)28(30,31-27)26(20-13-5-2-6-14-20)22-16-8-7-15-21(22)25(27)19-11-3-1-4-12-19/h1-18,25-26H/t25-,26+,27-,28-/m0/s1. The molecule has 1 heterocycles. The van der Waals surface area contributed by atoms with Crippen LogP contribution in [0, 0.1) is 0 Å². The zero-order valence-electron chi connectivity index (χ0n) is 16.7. The average Bonchev–Trinajstić information content (AvgIpc) is 2.99. The number of fused-ring (bicyclic) bond motifs is 1. The fourth-order valence-corrected chi connectivity index (χ4v) is 7.79. The Bertz CT molecular complexity index is 1160. The maximum absolute atomic E-state index is 7.12. The van der Waals surface area contributed by atoms with Crippen LogP contribution in [0.1, 0.15) is 45.2 Å². The number of rotatable bonds is 2. The molecule has 3 heteroatoms. The molecule has 152 valence electrons. The first-order valence-electron chi connectivity index (χ1n) is 10.5. The van der Waals surface area contributed by atoms with Crippen LogP contribution in [0.3, 0.4) is 0 Å². The Kier molecular flexibility index (Phi) is 4.50. The number of halogens is 2. The van der Waals surface area contributed by atoms with E-state index in [1.165, 1.54) is 33.4 Å². The van der Waals surface area contributed by atoms with E-state index in [1.54, 1.807) is 0 Å². The minimum Gasteiger partial charge on any atom is -0.335 e. The summed E-state index contributed by atoms with van der Waals surface area (Å²) in [5.41, 5.74) is 7.39. The van der Waals surface area contributed by atoms with E-state index in [4.69, 9.17) is 4.74 Å². The Balaban J connectivity index is 1.74. The minimum absolute atomic E-state index is 0.000753. The molecule has 0 amide bonds. The van der Waals surface area contributed by atoms with Crippen LogP contribution in [-0.2, 0) is 13.8 Å².